The Hall–Kier alpha value is -3.74. The molecule has 188 valence electrons. The van der Waals surface area contributed by atoms with E-state index < -0.39 is 5.97 Å². The Bertz CT molecular complexity index is 1070. The van der Waals surface area contributed by atoms with Gasteiger partial charge in [0.05, 0.1) is 20.8 Å². The van der Waals surface area contributed by atoms with Crippen LogP contribution in [0.4, 0.5) is 5.82 Å². The second-order valence-corrected chi connectivity index (χ2v) is 7.83. The van der Waals surface area contributed by atoms with Crippen molar-refractivity contribution >= 4 is 11.8 Å². The number of nitrogens with one attached hydrogen (secondary N) is 1. The summed E-state index contributed by atoms with van der Waals surface area (Å²) in [5, 5.41) is 12.0. The van der Waals surface area contributed by atoms with E-state index in [1.165, 1.54) is 0 Å². The monoisotopic (exact) mass is 480 g/mol. The van der Waals surface area contributed by atoms with Crippen molar-refractivity contribution in [1.82, 2.24) is 4.98 Å². The maximum absolute atomic E-state index is 10.7. The smallest absolute Gasteiger partial charge is 0.303 e. The van der Waals surface area contributed by atoms with Gasteiger partial charge >= 0.3 is 5.97 Å². The van der Waals surface area contributed by atoms with Crippen LogP contribution in [0.1, 0.15) is 45.1 Å². The molecule has 7 nitrogen and oxygen atoms in total. The summed E-state index contributed by atoms with van der Waals surface area (Å²) in [5.41, 5.74) is 3.92. The lowest BCUT2D eigenvalue weighted by Gasteiger charge is -2.13. The van der Waals surface area contributed by atoms with Crippen LogP contribution in [0.15, 0.2) is 66.2 Å². The second-order valence-electron chi connectivity index (χ2n) is 7.83. The Morgan fingerprint density at radius 1 is 1.09 bits per heavy atom. The zero-order chi connectivity index (χ0) is 25.6. The van der Waals surface area contributed by atoms with Gasteiger partial charge in [0.25, 0.3) is 0 Å². The number of hydrogen-bond donors (Lipinski definition) is 2. The van der Waals surface area contributed by atoms with Crippen LogP contribution in [0.5, 0.6) is 11.5 Å². The summed E-state index contributed by atoms with van der Waals surface area (Å²) in [6.07, 6.45) is 12.2. The molecule has 0 unspecified atom stereocenters. The first-order valence-electron chi connectivity index (χ1n) is 11.8. The topological polar surface area (TPSA) is 89.9 Å². The molecule has 0 aliphatic heterocycles. The summed E-state index contributed by atoms with van der Waals surface area (Å²) >= 11 is 0. The molecule has 0 aliphatic carbocycles. The van der Waals surface area contributed by atoms with Crippen molar-refractivity contribution in [2.75, 3.05) is 26.1 Å². The van der Waals surface area contributed by atoms with Crippen LogP contribution >= 0.6 is 0 Å². The van der Waals surface area contributed by atoms with Crippen molar-refractivity contribution in [2.24, 2.45) is 0 Å². The lowest BCUT2D eigenvalue weighted by Crippen LogP contribution is -2.03. The quantitative estimate of drug-likeness (QED) is 0.181. The van der Waals surface area contributed by atoms with E-state index in [1.807, 2.05) is 43.6 Å². The Morgan fingerprint density at radius 3 is 2.49 bits per heavy atom. The van der Waals surface area contributed by atoms with Crippen molar-refractivity contribution in [3.63, 3.8) is 0 Å². The van der Waals surface area contributed by atoms with Crippen LogP contribution in [0.25, 0.3) is 11.1 Å². The Labute approximate surface area is 208 Å². The molecule has 2 N–H and O–H groups in total. The number of carboxylic acids is 1. The number of carboxylic acid groups (broad SMARTS) is 1. The van der Waals surface area contributed by atoms with Crippen LogP contribution in [0.3, 0.4) is 0 Å². The van der Waals surface area contributed by atoms with E-state index in [0.717, 1.165) is 46.7 Å². The highest BCUT2D eigenvalue weighted by Gasteiger charge is 2.10. The third-order valence-electron chi connectivity index (χ3n) is 5.17. The molecule has 0 radical (unpaired) electrons. The molecule has 1 aromatic carbocycles. The molecule has 0 saturated carbocycles. The number of allylic oxidation sites excluding steroid dienone is 3. The van der Waals surface area contributed by atoms with Crippen molar-refractivity contribution in [3.8, 4) is 22.6 Å². The van der Waals surface area contributed by atoms with E-state index in [-0.39, 0.29) is 6.42 Å². The molecule has 2 aromatic rings. The average molecular weight is 481 g/mol. The van der Waals surface area contributed by atoms with Gasteiger partial charge < -0.3 is 24.6 Å². The largest absolute Gasteiger partial charge is 0.496 e. The minimum absolute atomic E-state index is 0.0696. The highest BCUT2D eigenvalue weighted by molar-refractivity contribution is 5.69. The van der Waals surface area contributed by atoms with Crippen LogP contribution in [0.2, 0.25) is 0 Å². The maximum Gasteiger partial charge on any atom is 0.303 e. The predicted molar refractivity (Wildman–Crippen MR) is 140 cm³/mol. The van der Waals surface area contributed by atoms with Gasteiger partial charge in [-0.3, -0.25) is 4.79 Å². The van der Waals surface area contributed by atoms with Gasteiger partial charge in [-0.1, -0.05) is 26.0 Å². The number of aryl methyl sites for hydroxylation is 1. The molecule has 0 atom stereocenters. The van der Waals surface area contributed by atoms with Gasteiger partial charge in [-0.2, -0.15) is 0 Å². The van der Waals surface area contributed by atoms with E-state index in [9.17, 15) is 4.79 Å². The third kappa shape index (κ3) is 8.52. The maximum atomic E-state index is 10.7. The number of nitrogens with zero attached hydrogens (tertiary/aromatic N) is 1. The first-order valence-corrected chi connectivity index (χ1v) is 11.8. The SMILES string of the molecule is CC/C=C(/C=C/Nc1ncc(-c2ccc(OCCCC(=O)O)c(OC)c2)cc1C)C(=C/CC)\OC. The first kappa shape index (κ1) is 27.5. The summed E-state index contributed by atoms with van der Waals surface area (Å²) in [7, 11) is 3.27. The number of aliphatic carboxylic acids is 1. The number of anilines is 1. The number of hydrogen-bond acceptors (Lipinski definition) is 6. The summed E-state index contributed by atoms with van der Waals surface area (Å²) in [4.78, 5) is 15.3. The first-order chi connectivity index (χ1) is 16.9. The predicted octanol–water partition coefficient (Wildman–Crippen LogP) is 6.51. The fourth-order valence-electron chi connectivity index (χ4n) is 3.44. The van der Waals surface area contributed by atoms with Gasteiger partial charge in [0.2, 0.25) is 0 Å². The number of rotatable bonds is 14. The Morgan fingerprint density at radius 2 is 1.86 bits per heavy atom. The molecular weight excluding hydrogens is 444 g/mol. The molecule has 0 bridgehead atoms. The van der Waals surface area contributed by atoms with Crippen LogP contribution in [0, 0.1) is 6.92 Å². The van der Waals surface area contributed by atoms with Gasteiger partial charge in [0, 0.05) is 30.0 Å². The Kier molecular flexibility index (Phi) is 11.4. The van der Waals surface area contributed by atoms with E-state index in [2.05, 4.69) is 42.4 Å². The van der Waals surface area contributed by atoms with E-state index in [0.29, 0.717) is 24.5 Å². The second kappa shape index (κ2) is 14.5. The van der Waals surface area contributed by atoms with E-state index >= 15 is 0 Å². The minimum atomic E-state index is -0.835. The average Bonchev–Trinajstić information content (AvgIpc) is 2.85. The van der Waals surface area contributed by atoms with Gasteiger partial charge in [0.1, 0.15) is 11.6 Å². The number of pyridine rings is 1. The molecule has 2 rings (SSSR count). The lowest BCUT2D eigenvalue weighted by molar-refractivity contribution is -0.137. The summed E-state index contributed by atoms with van der Waals surface area (Å²) < 4.78 is 16.7. The van der Waals surface area contributed by atoms with Gasteiger partial charge in [-0.25, -0.2) is 4.98 Å². The van der Waals surface area contributed by atoms with Crippen LogP contribution in [-0.4, -0.2) is 36.9 Å². The van der Waals surface area contributed by atoms with Crippen molar-refractivity contribution in [2.45, 2.75) is 46.5 Å². The lowest BCUT2D eigenvalue weighted by atomic mass is 10.1. The molecule has 7 heteroatoms. The molecule has 0 spiro atoms. The molecule has 0 amide bonds. The van der Waals surface area contributed by atoms with Crippen molar-refractivity contribution < 1.29 is 24.1 Å². The Balaban J connectivity index is 2.13. The van der Waals surface area contributed by atoms with Gasteiger partial charge in [0.15, 0.2) is 11.5 Å². The number of carbonyl (C=O) groups is 1. The molecule has 1 aromatic heterocycles. The zero-order valence-electron chi connectivity index (χ0n) is 21.3. The number of methoxy groups -OCH3 is 2. The summed E-state index contributed by atoms with van der Waals surface area (Å²) in [6, 6.07) is 7.72. The highest BCUT2D eigenvalue weighted by Crippen LogP contribution is 2.33. The fourth-order valence-corrected chi connectivity index (χ4v) is 3.44. The molecule has 1 heterocycles. The van der Waals surface area contributed by atoms with Gasteiger partial charge in [-0.15, -0.1) is 0 Å². The fraction of sp³-hybridized carbons (Fsp3) is 0.357. The number of benzene rings is 1. The molecule has 35 heavy (non-hydrogen) atoms. The highest BCUT2D eigenvalue weighted by atomic mass is 16.5. The third-order valence-corrected chi connectivity index (χ3v) is 5.17. The van der Waals surface area contributed by atoms with E-state index in [4.69, 9.17) is 19.3 Å². The normalized spacial score (nSPS) is 12.0. The molecular formula is C28H36N2O5. The number of ether oxygens (including phenoxy) is 3. The zero-order valence-corrected chi connectivity index (χ0v) is 21.3. The molecule has 0 aliphatic rings. The van der Waals surface area contributed by atoms with Crippen LogP contribution < -0.4 is 14.8 Å². The summed E-state index contributed by atoms with van der Waals surface area (Å²) in [5.74, 6) is 1.96. The van der Waals surface area contributed by atoms with Crippen molar-refractivity contribution in [3.05, 3.63) is 71.8 Å². The molecule has 0 saturated heterocycles. The minimum Gasteiger partial charge on any atom is -0.496 e. The standard InChI is InChI=1S/C28H36N2O5/c1-6-9-21(24(33-4)10-7-2)14-15-29-28-20(3)17-23(19-30-28)22-12-13-25(26(18-22)34-5)35-16-8-11-27(31)32/h9-10,12-15,17-19H,6-8,11,16H2,1-5H3,(H,29,30)(H,31,32)/b15-14+,21-9-,24-10+. The molecule has 0 fully saturated rings. The van der Waals surface area contributed by atoms with Crippen molar-refractivity contribution in [1.29, 1.82) is 0 Å². The van der Waals surface area contributed by atoms with Gasteiger partial charge in [-0.05, 0) is 67.7 Å². The number of aromatic nitrogens is 1. The van der Waals surface area contributed by atoms with E-state index in [1.54, 1.807) is 14.2 Å². The van der Waals surface area contributed by atoms with Crippen LogP contribution in [-0.2, 0) is 9.53 Å². The summed E-state index contributed by atoms with van der Waals surface area (Å²) in [6.45, 7) is 6.49.